The molecule has 0 aliphatic heterocycles. The van der Waals surface area contributed by atoms with Crippen molar-refractivity contribution in [3.63, 3.8) is 0 Å². The van der Waals surface area contributed by atoms with Gasteiger partial charge in [-0.2, -0.15) is 0 Å². The SMILES string of the molecule is COC(=O)C(Nc1ccc(OC)cc1)c1ccc2ccccc2c1. The molecule has 0 bridgehead atoms. The molecule has 3 rings (SSSR count). The van der Waals surface area contributed by atoms with Crippen molar-refractivity contribution in [2.24, 2.45) is 0 Å². The highest BCUT2D eigenvalue weighted by Gasteiger charge is 2.21. The molecular formula is C20H19NO3. The molecule has 0 aromatic heterocycles. The number of fused-ring (bicyclic) bond motifs is 1. The van der Waals surface area contributed by atoms with Gasteiger partial charge < -0.3 is 14.8 Å². The quantitative estimate of drug-likeness (QED) is 0.716. The minimum absolute atomic E-state index is 0.332. The molecule has 4 heteroatoms. The van der Waals surface area contributed by atoms with Crippen LogP contribution < -0.4 is 10.1 Å². The molecule has 0 spiro atoms. The lowest BCUT2D eigenvalue weighted by Gasteiger charge is -2.19. The summed E-state index contributed by atoms with van der Waals surface area (Å²) in [6, 6.07) is 20.9. The van der Waals surface area contributed by atoms with Crippen LogP contribution in [0.15, 0.2) is 66.7 Å². The molecule has 3 aromatic rings. The molecule has 4 nitrogen and oxygen atoms in total. The van der Waals surface area contributed by atoms with E-state index in [9.17, 15) is 4.79 Å². The van der Waals surface area contributed by atoms with Crippen molar-refractivity contribution in [2.75, 3.05) is 19.5 Å². The third kappa shape index (κ3) is 3.33. The van der Waals surface area contributed by atoms with Crippen LogP contribution in [0.25, 0.3) is 10.8 Å². The van der Waals surface area contributed by atoms with Crippen LogP contribution in [0.5, 0.6) is 5.75 Å². The molecule has 0 heterocycles. The molecule has 1 N–H and O–H groups in total. The number of methoxy groups -OCH3 is 2. The summed E-state index contributed by atoms with van der Waals surface area (Å²) in [7, 11) is 3.01. The van der Waals surface area contributed by atoms with Crippen molar-refractivity contribution >= 4 is 22.4 Å². The standard InChI is InChI=1S/C20H19NO3/c1-23-18-11-9-17(10-12-18)21-19(20(22)24-2)16-8-7-14-5-3-4-6-15(14)13-16/h3-13,19,21H,1-2H3. The van der Waals surface area contributed by atoms with Gasteiger partial charge in [-0.05, 0) is 46.7 Å². The Morgan fingerprint density at radius 3 is 2.29 bits per heavy atom. The summed E-state index contributed by atoms with van der Waals surface area (Å²) in [5.74, 6) is 0.432. The zero-order valence-electron chi connectivity index (χ0n) is 13.7. The first kappa shape index (κ1) is 15.9. The van der Waals surface area contributed by atoms with E-state index >= 15 is 0 Å². The van der Waals surface area contributed by atoms with Gasteiger partial charge in [-0.15, -0.1) is 0 Å². The first-order valence-corrected chi connectivity index (χ1v) is 7.68. The fourth-order valence-corrected chi connectivity index (χ4v) is 2.64. The number of anilines is 1. The Hall–Kier alpha value is -3.01. The van der Waals surface area contributed by atoms with Crippen LogP contribution in [0.4, 0.5) is 5.69 Å². The fraction of sp³-hybridized carbons (Fsp3) is 0.150. The number of rotatable bonds is 5. The maximum Gasteiger partial charge on any atom is 0.332 e. The third-order valence-corrected chi connectivity index (χ3v) is 3.94. The number of hydrogen-bond acceptors (Lipinski definition) is 4. The molecule has 3 aromatic carbocycles. The molecule has 122 valence electrons. The predicted molar refractivity (Wildman–Crippen MR) is 95.3 cm³/mol. The zero-order valence-corrected chi connectivity index (χ0v) is 13.7. The van der Waals surface area contributed by atoms with E-state index in [-0.39, 0.29) is 5.97 Å². The molecule has 0 fully saturated rings. The van der Waals surface area contributed by atoms with Crippen LogP contribution >= 0.6 is 0 Å². The summed E-state index contributed by atoms with van der Waals surface area (Å²) in [6.45, 7) is 0. The number of benzene rings is 3. The predicted octanol–water partition coefficient (Wildman–Crippen LogP) is 4.17. The van der Waals surface area contributed by atoms with Crippen molar-refractivity contribution in [1.29, 1.82) is 0 Å². The van der Waals surface area contributed by atoms with E-state index in [1.807, 2.05) is 66.7 Å². The molecular weight excluding hydrogens is 302 g/mol. The second kappa shape index (κ2) is 7.04. The Morgan fingerprint density at radius 2 is 1.62 bits per heavy atom. The molecule has 0 radical (unpaired) electrons. The van der Waals surface area contributed by atoms with Gasteiger partial charge in [0.2, 0.25) is 0 Å². The highest BCUT2D eigenvalue weighted by molar-refractivity contribution is 5.87. The Bertz CT molecular complexity index is 843. The molecule has 0 amide bonds. The summed E-state index contributed by atoms with van der Waals surface area (Å²) in [5.41, 5.74) is 1.68. The van der Waals surface area contributed by atoms with E-state index in [1.165, 1.54) is 7.11 Å². The zero-order chi connectivity index (χ0) is 16.9. The van der Waals surface area contributed by atoms with Crippen molar-refractivity contribution in [2.45, 2.75) is 6.04 Å². The highest BCUT2D eigenvalue weighted by Crippen LogP contribution is 2.25. The van der Waals surface area contributed by atoms with Gasteiger partial charge in [-0.1, -0.05) is 36.4 Å². The van der Waals surface area contributed by atoms with E-state index in [1.54, 1.807) is 7.11 Å². The van der Waals surface area contributed by atoms with Crippen LogP contribution in [-0.2, 0) is 9.53 Å². The van der Waals surface area contributed by atoms with Gasteiger partial charge in [0.25, 0.3) is 0 Å². The van der Waals surface area contributed by atoms with Crippen LogP contribution in [0.1, 0.15) is 11.6 Å². The van der Waals surface area contributed by atoms with Gasteiger partial charge in [0.1, 0.15) is 5.75 Å². The Balaban J connectivity index is 1.93. The second-order valence-electron chi connectivity index (χ2n) is 5.44. The Labute approximate surface area is 141 Å². The lowest BCUT2D eigenvalue weighted by molar-refractivity contribution is -0.141. The average molecular weight is 321 g/mol. The molecule has 0 saturated carbocycles. The van der Waals surface area contributed by atoms with Crippen molar-refractivity contribution in [3.05, 3.63) is 72.3 Å². The average Bonchev–Trinajstić information content (AvgIpc) is 2.65. The number of ether oxygens (including phenoxy) is 2. The number of carbonyl (C=O) groups is 1. The maximum atomic E-state index is 12.3. The molecule has 24 heavy (non-hydrogen) atoms. The highest BCUT2D eigenvalue weighted by atomic mass is 16.5. The molecule has 0 aliphatic rings. The van der Waals surface area contributed by atoms with E-state index in [0.29, 0.717) is 0 Å². The minimum atomic E-state index is -0.576. The number of nitrogens with one attached hydrogen (secondary N) is 1. The van der Waals surface area contributed by atoms with Gasteiger partial charge in [0.15, 0.2) is 6.04 Å². The smallest absolute Gasteiger partial charge is 0.332 e. The normalized spacial score (nSPS) is 11.8. The van der Waals surface area contributed by atoms with Gasteiger partial charge >= 0.3 is 5.97 Å². The second-order valence-corrected chi connectivity index (χ2v) is 5.44. The monoisotopic (exact) mass is 321 g/mol. The Morgan fingerprint density at radius 1 is 0.917 bits per heavy atom. The largest absolute Gasteiger partial charge is 0.497 e. The summed E-state index contributed by atoms with van der Waals surface area (Å²) < 4.78 is 10.1. The van der Waals surface area contributed by atoms with Gasteiger partial charge in [-0.25, -0.2) is 4.79 Å². The van der Waals surface area contributed by atoms with Crippen molar-refractivity contribution in [3.8, 4) is 5.75 Å². The van der Waals surface area contributed by atoms with Crippen LogP contribution in [0.3, 0.4) is 0 Å². The summed E-state index contributed by atoms with van der Waals surface area (Å²) in [5, 5.41) is 5.45. The third-order valence-electron chi connectivity index (χ3n) is 3.94. The van der Waals surface area contributed by atoms with Crippen molar-refractivity contribution in [1.82, 2.24) is 0 Å². The van der Waals surface area contributed by atoms with Crippen LogP contribution in [0.2, 0.25) is 0 Å². The van der Waals surface area contributed by atoms with E-state index in [2.05, 4.69) is 5.32 Å². The Kier molecular flexibility index (Phi) is 4.66. The van der Waals surface area contributed by atoms with E-state index in [4.69, 9.17) is 9.47 Å². The lowest BCUT2D eigenvalue weighted by atomic mass is 10.0. The van der Waals surface area contributed by atoms with Gasteiger partial charge in [-0.3, -0.25) is 0 Å². The minimum Gasteiger partial charge on any atom is -0.497 e. The van der Waals surface area contributed by atoms with E-state index < -0.39 is 6.04 Å². The van der Waals surface area contributed by atoms with Crippen LogP contribution in [-0.4, -0.2) is 20.2 Å². The topological polar surface area (TPSA) is 47.6 Å². The van der Waals surface area contributed by atoms with E-state index in [0.717, 1.165) is 27.8 Å². The summed E-state index contributed by atoms with van der Waals surface area (Å²) in [6.07, 6.45) is 0. The lowest BCUT2D eigenvalue weighted by Crippen LogP contribution is -2.22. The number of esters is 1. The van der Waals surface area contributed by atoms with Gasteiger partial charge in [0.05, 0.1) is 14.2 Å². The van der Waals surface area contributed by atoms with Gasteiger partial charge in [0, 0.05) is 5.69 Å². The molecule has 1 atom stereocenters. The molecule has 1 unspecified atom stereocenters. The summed E-state index contributed by atoms with van der Waals surface area (Å²) >= 11 is 0. The molecule has 0 saturated heterocycles. The fourth-order valence-electron chi connectivity index (χ4n) is 2.64. The maximum absolute atomic E-state index is 12.3. The molecule has 0 aliphatic carbocycles. The van der Waals surface area contributed by atoms with Crippen molar-refractivity contribution < 1.29 is 14.3 Å². The number of carbonyl (C=O) groups excluding carboxylic acids is 1. The first-order chi connectivity index (χ1) is 11.7. The first-order valence-electron chi connectivity index (χ1n) is 7.68. The summed E-state index contributed by atoms with van der Waals surface area (Å²) in [4.78, 5) is 12.3. The van der Waals surface area contributed by atoms with Crippen LogP contribution in [0, 0.1) is 0 Å². The number of hydrogen-bond donors (Lipinski definition) is 1.